The van der Waals surface area contributed by atoms with Gasteiger partial charge in [0, 0.05) is 81.9 Å². The summed E-state index contributed by atoms with van der Waals surface area (Å²) >= 11 is 9.03. The number of allylic oxidation sites excluding steroid dienone is 3. The van der Waals surface area contributed by atoms with Gasteiger partial charge in [0.05, 0.1) is 6.10 Å². The number of hydrogen-bond donors (Lipinski definition) is 1. The first kappa shape index (κ1) is 59.6. The van der Waals surface area contributed by atoms with E-state index in [1.165, 1.54) is 138 Å². The van der Waals surface area contributed by atoms with E-state index in [0.717, 1.165) is 102 Å². The maximum absolute atomic E-state index is 10.2. The fraction of sp³-hybridized carbons (Fsp3) is 0.692. The Hall–Kier alpha value is -1.68. The van der Waals surface area contributed by atoms with Crippen molar-refractivity contribution in [2.45, 2.75) is 198 Å². The molecule has 6 saturated carbocycles. The lowest BCUT2D eigenvalue weighted by atomic mass is 9.46. The summed E-state index contributed by atoms with van der Waals surface area (Å²) in [7, 11) is 5.63. The standard InChI is InChI=1S/C32H44.C31H42O.2CH4.S6/c1-23-18-20-31(3)26(22-23)14-15-27-29-17-16-28(32(29,4)21-19-30(27)31)24(2)10-8-9-13-25-11-6-5-7-12-25;1-22(9-7-8-12-23-10-5-4-6-11-23)27-15-16-28-26-14-13-24-21-25(32)17-19-30(24,2)29(26)18-20-31(27,28)3;;;1-3-5-6-4-2/h5-7,11-12,14,23-24,27-30H,8,10,15-22H2,1-4H3;4-6,10-11,13,22,25-29,32H,7,9,14-21H2,1-3H3;2*1H4;/t23-,24+,27-,28+,29-,30-,31-,32+;22-,25+,26+,27-,28+,29+,30+,31-;;;/m01.../s1. The molecule has 8 aliphatic rings. The molecule has 0 spiro atoms. The van der Waals surface area contributed by atoms with Crippen molar-refractivity contribution in [3.8, 4) is 23.7 Å². The second kappa shape index (κ2) is 26.6. The van der Waals surface area contributed by atoms with E-state index in [4.69, 9.17) is 0 Å². The Morgan fingerprint density at radius 3 is 1.44 bits per heavy atom. The number of aliphatic hydroxyl groups is 1. The predicted octanol–water partition coefficient (Wildman–Crippen LogP) is 17.3. The summed E-state index contributed by atoms with van der Waals surface area (Å²) in [6.45, 7) is 18.1. The summed E-state index contributed by atoms with van der Waals surface area (Å²) in [4.78, 5) is 0. The predicted molar refractivity (Wildman–Crippen MR) is 327 cm³/mol. The minimum absolute atomic E-state index is 0. The maximum atomic E-state index is 10.2. The molecule has 1 nitrogen and oxygen atoms in total. The molecule has 1 N–H and O–H groups in total. The third kappa shape index (κ3) is 12.8. The van der Waals surface area contributed by atoms with E-state index in [9.17, 15) is 5.11 Å². The smallest absolute Gasteiger partial charge is 0.0577 e. The molecule has 396 valence electrons. The van der Waals surface area contributed by atoms with Crippen LogP contribution in [0.4, 0.5) is 0 Å². The maximum Gasteiger partial charge on any atom is 0.0577 e. The van der Waals surface area contributed by atoms with Crippen LogP contribution in [0.1, 0.15) is 203 Å². The van der Waals surface area contributed by atoms with Crippen molar-refractivity contribution >= 4 is 57.9 Å². The molecule has 0 radical (unpaired) electrons. The highest BCUT2D eigenvalue weighted by atomic mass is 33.3. The van der Waals surface area contributed by atoms with E-state index in [1.54, 1.807) is 5.57 Å². The van der Waals surface area contributed by atoms with Crippen molar-refractivity contribution in [3.05, 3.63) is 95.1 Å². The van der Waals surface area contributed by atoms with Crippen LogP contribution in [-0.2, 0) is 57.9 Å². The molecule has 0 heterocycles. The van der Waals surface area contributed by atoms with Crippen LogP contribution in [0.25, 0.3) is 0 Å². The first-order chi connectivity index (χ1) is 33.7. The van der Waals surface area contributed by atoms with Crippen LogP contribution in [0.15, 0.2) is 84.0 Å². The lowest BCUT2D eigenvalue weighted by Gasteiger charge is -2.58. The summed E-state index contributed by atoms with van der Waals surface area (Å²) in [6, 6.07) is 20.9. The highest BCUT2D eigenvalue weighted by Crippen LogP contribution is 2.69. The van der Waals surface area contributed by atoms with Gasteiger partial charge in [-0.15, -0.1) is 0 Å². The molecule has 7 heteroatoms. The zero-order valence-electron chi connectivity index (χ0n) is 43.9. The van der Waals surface area contributed by atoms with E-state index in [-0.39, 0.29) is 21.0 Å². The van der Waals surface area contributed by atoms with Crippen molar-refractivity contribution in [2.75, 3.05) is 0 Å². The molecule has 16 atom stereocenters. The molecule has 2 aromatic rings. The van der Waals surface area contributed by atoms with Gasteiger partial charge < -0.3 is 5.11 Å². The highest BCUT2D eigenvalue weighted by molar-refractivity contribution is 8.64. The minimum atomic E-state index is -0.0959. The van der Waals surface area contributed by atoms with Gasteiger partial charge in [0.25, 0.3) is 0 Å². The molecule has 0 amide bonds. The van der Waals surface area contributed by atoms with Crippen LogP contribution in [0.3, 0.4) is 0 Å². The van der Waals surface area contributed by atoms with Gasteiger partial charge in [0.2, 0.25) is 0 Å². The molecule has 6 fully saturated rings. The van der Waals surface area contributed by atoms with Crippen LogP contribution >= 0.6 is 0 Å². The van der Waals surface area contributed by atoms with Crippen molar-refractivity contribution in [1.29, 1.82) is 0 Å². The Morgan fingerprint density at radius 1 is 0.569 bits per heavy atom. The van der Waals surface area contributed by atoms with Gasteiger partial charge in [0.1, 0.15) is 0 Å². The lowest BCUT2D eigenvalue weighted by Crippen LogP contribution is -2.50. The number of benzene rings is 2. The van der Waals surface area contributed by atoms with E-state index in [1.807, 2.05) is 5.57 Å². The highest BCUT2D eigenvalue weighted by Gasteiger charge is 2.60. The first-order valence-electron chi connectivity index (χ1n) is 27.8. The molecule has 0 bridgehead atoms. The van der Waals surface area contributed by atoms with Crippen molar-refractivity contribution in [3.63, 3.8) is 0 Å². The second-order valence-corrected chi connectivity index (χ2v) is 31.9. The first-order valence-corrected chi connectivity index (χ1v) is 34.5. The van der Waals surface area contributed by atoms with Crippen LogP contribution < -0.4 is 0 Å². The van der Waals surface area contributed by atoms with Crippen molar-refractivity contribution < 1.29 is 5.11 Å². The molecule has 8 aliphatic carbocycles. The van der Waals surface area contributed by atoms with Gasteiger partial charge in [-0.2, -0.15) is 0 Å². The Morgan fingerprint density at radius 2 is 1.00 bits per heavy atom. The van der Waals surface area contributed by atoms with Crippen LogP contribution in [0.5, 0.6) is 0 Å². The summed E-state index contributed by atoms with van der Waals surface area (Å²) in [5.74, 6) is 23.3. The Balaban J connectivity index is 0.000000206. The average molecular weight is 1080 g/mol. The van der Waals surface area contributed by atoms with Crippen molar-refractivity contribution in [2.24, 2.45) is 86.8 Å². The van der Waals surface area contributed by atoms with E-state index < -0.39 is 0 Å². The Labute approximate surface area is 462 Å². The number of rotatable bonds is 6. The van der Waals surface area contributed by atoms with Crippen LogP contribution in [0.2, 0.25) is 0 Å². The van der Waals surface area contributed by atoms with Gasteiger partial charge in [-0.05, 0) is 227 Å². The largest absolute Gasteiger partial charge is 0.393 e. The zero-order chi connectivity index (χ0) is 49.5. The van der Waals surface area contributed by atoms with Crippen LogP contribution in [-0.4, -0.2) is 11.2 Å². The quantitative estimate of drug-likeness (QED) is 0.230. The third-order valence-corrected chi connectivity index (χ3v) is 28.2. The van der Waals surface area contributed by atoms with Crippen LogP contribution in [0, 0.1) is 110 Å². The molecule has 0 aliphatic heterocycles. The molecule has 0 aromatic heterocycles. The SMILES string of the molecule is C.C.C[C@H](CCC#Cc1ccccc1)[C@H]1CC[C@H]2[C@@H]3CC=C4C[C@@H](O)CC[C@]4(C)[C@H]3CC[C@]12C.C[C@H]1CC[C@@]2(C)C(=CC[C@H]3[C@@H]4CC[C@H]([C@H](C)CCC#Cc5ccccc5)[C@@]4(C)CC[C@@H]32)C1.S=S=S=S=S=S. The summed E-state index contributed by atoms with van der Waals surface area (Å²) in [5.41, 5.74) is 7.71. The number of hydrogen-bond acceptors (Lipinski definition) is 3. The third-order valence-electron chi connectivity index (χ3n) is 21.5. The summed E-state index contributed by atoms with van der Waals surface area (Å²) in [6.07, 6.45) is 31.4. The van der Waals surface area contributed by atoms with Gasteiger partial charge >= 0.3 is 0 Å². The molecule has 0 unspecified atom stereocenters. The molecule has 72 heavy (non-hydrogen) atoms. The molecular weight excluding hydrogens is 989 g/mol. The fourth-order valence-electron chi connectivity index (χ4n) is 17.8. The summed E-state index contributed by atoms with van der Waals surface area (Å²) in [5, 5.41) is 10.2. The molecular formula is C65H94OS6. The van der Waals surface area contributed by atoms with E-state index >= 15 is 0 Å². The molecule has 10 rings (SSSR count). The van der Waals surface area contributed by atoms with E-state index in [2.05, 4.69) is 167 Å². The van der Waals surface area contributed by atoms with Gasteiger partial charge in [-0.1, -0.05) is 147 Å². The van der Waals surface area contributed by atoms with Gasteiger partial charge in [-0.3, -0.25) is 0 Å². The lowest BCUT2D eigenvalue weighted by molar-refractivity contribution is -0.0570. The fourth-order valence-corrected chi connectivity index (χ4v) is 23.3. The number of fused-ring (bicyclic) bond motifs is 10. The van der Waals surface area contributed by atoms with Crippen molar-refractivity contribution in [1.82, 2.24) is 0 Å². The molecule has 0 saturated heterocycles. The van der Waals surface area contributed by atoms with E-state index in [0.29, 0.717) is 21.7 Å². The minimum Gasteiger partial charge on any atom is -0.393 e. The van der Waals surface area contributed by atoms with Gasteiger partial charge in [0.15, 0.2) is 0 Å². The number of aliphatic hydroxyl groups excluding tert-OH is 1. The molecule has 2 aromatic carbocycles. The average Bonchev–Trinajstić information content (AvgIpc) is 3.92. The Kier molecular flexibility index (Phi) is 22.0. The zero-order valence-corrected chi connectivity index (χ0v) is 48.8. The summed E-state index contributed by atoms with van der Waals surface area (Å²) < 4.78 is 0. The topological polar surface area (TPSA) is 20.2 Å². The van der Waals surface area contributed by atoms with Gasteiger partial charge in [-0.25, -0.2) is 0 Å². The monoisotopic (exact) mass is 1080 g/mol. The Bertz CT molecular complexity index is 2300. The second-order valence-electron chi connectivity index (χ2n) is 24.9. The normalized spacial score (nSPS) is 37.3.